The summed E-state index contributed by atoms with van der Waals surface area (Å²) in [4.78, 5) is 15.8. The molecule has 1 amide bonds. The molecule has 1 aliphatic rings. The molecule has 1 unspecified atom stereocenters. The molecular formula is C11H18N4O. The third-order valence-corrected chi connectivity index (χ3v) is 2.94. The number of carbonyl (C=O) groups is 1. The van der Waals surface area contributed by atoms with Gasteiger partial charge in [-0.25, -0.2) is 4.98 Å². The number of hydrogen-bond acceptors (Lipinski definition) is 3. The minimum absolute atomic E-state index is 0.0878. The first-order valence-electron chi connectivity index (χ1n) is 5.73. The van der Waals surface area contributed by atoms with Crippen LogP contribution < -0.4 is 11.1 Å². The molecule has 1 atom stereocenters. The summed E-state index contributed by atoms with van der Waals surface area (Å²) in [6, 6.07) is 0.257. The molecule has 1 aromatic rings. The largest absolute Gasteiger partial charge is 0.348 e. The predicted octanol–water partition coefficient (Wildman–Crippen LogP) is 0.370. The lowest BCUT2D eigenvalue weighted by atomic mass is 10.2. The second kappa shape index (κ2) is 4.65. The Balaban J connectivity index is 1.91. The Bertz CT molecular complexity index is 370. The van der Waals surface area contributed by atoms with E-state index in [4.69, 9.17) is 5.73 Å². The third-order valence-electron chi connectivity index (χ3n) is 2.94. The molecule has 0 aliphatic heterocycles. The predicted molar refractivity (Wildman–Crippen MR) is 60.9 cm³/mol. The summed E-state index contributed by atoms with van der Waals surface area (Å²) in [6.07, 6.45) is 5.83. The van der Waals surface area contributed by atoms with Crippen LogP contribution in [0.2, 0.25) is 0 Å². The molecule has 0 bridgehead atoms. The van der Waals surface area contributed by atoms with Gasteiger partial charge in [-0.05, 0) is 25.7 Å². The van der Waals surface area contributed by atoms with Gasteiger partial charge < -0.3 is 15.6 Å². The lowest BCUT2D eigenvalue weighted by molar-refractivity contribution is 0.0931. The Morgan fingerprint density at radius 3 is 3.12 bits per heavy atom. The van der Waals surface area contributed by atoms with Crippen molar-refractivity contribution in [1.82, 2.24) is 14.9 Å². The normalized spacial score (nSPS) is 17.1. The summed E-state index contributed by atoms with van der Waals surface area (Å²) in [6.45, 7) is 3.29. The average molecular weight is 222 g/mol. The van der Waals surface area contributed by atoms with E-state index in [9.17, 15) is 4.79 Å². The molecular weight excluding hydrogens is 204 g/mol. The number of amides is 1. The molecule has 5 nitrogen and oxygen atoms in total. The van der Waals surface area contributed by atoms with Crippen LogP contribution in [-0.4, -0.2) is 28.0 Å². The van der Waals surface area contributed by atoms with Gasteiger partial charge in [0.2, 0.25) is 0 Å². The van der Waals surface area contributed by atoms with E-state index in [1.165, 1.54) is 12.8 Å². The monoisotopic (exact) mass is 222 g/mol. The average Bonchev–Trinajstić information content (AvgIpc) is 3.00. The lowest BCUT2D eigenvalue weighted by Crippen LogP contribution is -2.34. The van der Waals surface area contributed by atoms with Crippen LogP contribution >= 0.6 is 0 Å². The first kappa shape index (κ1) is 11.1. The number of nitrogens with one attached hydrogen (secondary N) is 1. The Labute approximate surface area is 95.0 Å². The summed E-state index contributed by atoms with van der Waals surface area (Å²) >= 11 is 0. The van der Waals surface area contributed by atoms with Crippen molar-refractivity contribution >= 4 is 5.91 Å². The number of nitrogens with zero attached hydrogens (tertiary/aromatic N) is 2. The molecule has 88 valence electrons. The molecule has 1 fully saturated rings. The second-order valence-corrected chi connectivity index (χ2v) is 4.38. The van der Waals surface area contributed by atoms with Gasteiger partial charge in [0.1, 0.15) is 5.69 Å². The smallest absolute Gasteiger partial charge is 0.271 e. The third kappa shape index (κ3) is 2.61. The topological polar surface area (TPSA) is 72.9 Å². The van der Waals surface area contributed by atoms with Gasteiger partial charge >= 0.3 is 0 Å². The fourth-order valence-electron chi connectivity index (χ4n) is 1.74. The fourth-order valence-corrected chi connectivity index (χ4v) is 1.74. The zero-order valence-electron chi connectivity index (χ0n) is 9.52. The van der Waals surface area contributed by atoms with Crippen molar-refractivity contribution in [2.45, 2.75) is 32.4 Å². The van der Waals surface area contributed by atoms with Crippen LogP contribution in [0.15, 0.2) is 12.5 Å². The maximum atomic E-state index is 11.8. The van der Waals surface area contributed by atoms with Crippen molar-refractivity contribution in [2.24, 2.45) is 11.7 Å². The highest BCUT2D eigenvalue weighted by Gasteiger charge is 2.29. The van der Waals surface area contributed by atoms with Crippen molar-refractivity contribution in [3.05, 3.63) is 18.2 Å². The molecule has 16 heavy (non-hydrogen) atoms. The molecule has 0 spiro atoms. The highest BCUT2D eigenvalue weighted by Crippen LogP contribution is 2.32. The second-order valence-electron chi connectivity index (χ2n) is 4.38. The van der Waals surface area contributed by atoms with E-state index in [-0.39, 0.29) is 11.9 Å². The van der Waals surface area contributed by atoms with Gasteiger partial charge in [-0.2, -0.15) is 0 Å². The molecule has 1 saturated carbocycles. The summed E-state index contributed by atoms with van der Waals surface area (Å²) in [5.41, 5.74) is 5.90. The van der Waals surface area contributed by atoms with Crippen molar-refractivity contribution < 1.29 is 4.79 Å². The number of aromatic nitrogens is 2. The van der Waals surface area contributed by atoms with E-state index >= 15 is 0 Å². The van der Waals surface area contributed by atoms with Crippen LogP contribution in [0.4, 0.5) is 0 Å². The van der Waals surface area contributed by atoms with Crippen molar-refractivity contribution in [1.29, 1.82) is 0 Å². The summed E-state index contributed by atoms with van der Waals surface area (Å²) in [5.74, 6) is 0.574. The van der Waals surface area contributed by atoms with Gasteiger partial charge in [-0.1, -0.05) is 0 Å². The van der Waals surface area contributed by atoms with Gasteiger partial charge in [0.15, 0.2) is 0 Å². The molecule has 0 aromatic carbocycles. The van der Waals surface area contributed by atoms with Crippen LogP contribution in [0.3, 0.4) is 0 Å². The number of hydrogen-bond donors (Lipinski definition) is 2. The van der Waals surface area contributed by atoms with Crippen LogP contribution in [0, 0.1) is 5.92 Å². The van der Waals surface area contributed by atoms with Crippen molar-refractivity contribution in [3.63, 3.8) is 0 Å². The van der Waals surface area contributed by atoms with E-state index < -0.39 is 0 Å². The summed E-state index contributed by atoms with van der Waals surface area (Å²) < 4.78 is 1.83. The van der Waals surface area contributed by atoms with Gasteiger partial charge in [0.25, 0.3) is 5.91 Å². The summed E-state index contributed by atoms with van der Waals surface area (Å²) in [5, 5.41) is 2.97. The highest BCUT2D eigenvalue weighted by atomic mass is 16.2. The number of rotatable bonds is 5. The van der Waals surface area contributed by atoms with Gasteiger partial charge in [-0.3, -0.25) is 4.79 Å². The van der Waals surface area contributed by atoms with Gasteiger partial charge in [0.05, 0.1) is 6.33 Å². The molecule has 1 aromatic heterocycles. The van der Waals surface area contributed by atoms with E-state index in [0.717, 1.165) is 0 Å². The quantitative estimate of drug-likeness (QED) is 0.756. The number of imidazole rings is 1. The summed E-state index contributed by atoms with van der Waals surface area (Å²) in [7, 11) is 0. The highest BCUT2D eigenvalue weighted by molar-refractivity contribution is 5.92. The molecule has 1 heterocycles. The van der Waals surface area contributed by atoms with Gasteiger partial charge in [0, 0.05) is 25.3 Å². The van der Waals surface area contributed by atoms with E-state index in [1.54, 1.807) is 12.5 Å². The van der Waals surface area contributed by atoms with Crippen molar-refractivity contribution in [2.75, 3.05) is 6.54 Å². The molecule has 5 heteroatoms. The molecule has 1 aliphatic carbocycles. The van der Waals surface area contributed by atoms with Gasteiger partial charge in [-0.15, -0.1) is 0 Å². The van der Waals surface area contributed by atoms with Crippen LogP contribution in [0.5, 0.6) is 0 Å². The first-order chi connectivity index (χ1) is 7.70. The zero-order chi connectivity index (χ0) is 11.5. The van der Waals surface area contributed by atoms with Crippen LogP contribution in [0.1, 0.15) is 30.3 Å². The maximum absolute atomic E-state index is 11.8. The lowest BCUT2D eigenvalue weighted by Gasteiger charge is -2.10. The molecule has 2 rings (SSSR count). The van der Waals surface area contributed by atoms with E-state index in [1.807, 2.05) is 11.5 Å². The van der Waals surface area contributed by atoms with Crippen LogP contribution in [0.25, 0.3) is 0 Å². The Kier molecular flexibility index (Phi) is 3.24. The molecule has 0 radical (unpaired) electrons. The maximum Gasteiger partial charge on any atom is 0.271 e. The first-order valence-corrected chi connectivity index (χ1v) is 5.73. The minimum Gasteiger partial charge on any atom is -0.348 e. The minimum atomic E-state index is -0.0878. The Morgan fingerprint density at radius 2 is 2.50 bits per heavy atom. The molecule has 0 saturated heterocycles. The Hall–Kier alpha value is -1.36. The zero-order valence-corrected chi connectivity index (χ0v) is 9.52. The van der Waals surface area contributed by atoms with E-state index in [0.29, 0.717) is 24.7 Å². The molecule has 3 N–H and O–H groups in total. The van der Waals surface area contributed by atoms with Crippen LogP contribution in [-0.2, 0) is 6.54 Å². The fraction of sp³-hybridized carbons (Fsp3) is 0.636. The SMILES string of the molecule is CC(NC(=O)c1cn(CCN)cn1)C1CC1. The Morgan fingerprint density at radius 1 is 1.75 bits per heavy atom. The van der Waals surface area contributed by atoms with Crippen molar-refractivity contribution in [3.8, 4) is 0 Å². The number of nitrogens with two attached hydrogens (primary N) is 1. The standard InChI is InChI=1S/C11H18N4O/c1-8(9-2-3-9)14-11(16)10-6-15(5-4-12)7-13-10/h6-9H,2-5,12H2,1H3,(H,14,16). The number of carbonyl (C=O) groups excluding carboxylic acids is 1. The van der Waals surface area contributed by atoms with E-state index in [2.05, 4.69) is 10.3 Å².